The molecule has 1 amide bonds. The van der Waals surface area contributed by atoms with E-state index in [1.165, 1.54) is 30.3 Å². The number of sulfone groups is 1. The molecule has 0 atom stereocenters. The molecule has 1 aromatic carbocycles. The van der Waals surface area contributed by atoms with E-state index in [1.54, 1.807) is 0 Å². The number of aliphatic hydroxyl groups is 1. The predicted molar refractivity (Wildman–Crippen MR) is 117 cm³/mol. The smallest absolute Gasteiger partial charge is 0.418 e. The Hall–Kier alpha value is -3.65. The number of halogens is 4. The minimum Gasteiger partial charge on any atom is -0.418 e. The molecule has 3 aromatic rings. The second kappa shape index (κ2) is 8.78. The number of amides is 1. The predicted octanol–water partition coefficient (Wildman–Crippen LogP) is 3.77. The van der Waals surface area contributed by atoms with E-state index >= 15 is 0 Å². The van der Waals surface area contributed by atoms with Gasteiger partial charge in [-0.2, -0.15) is 22.5 Å². The quantitative estimate of drug-likeness (QED) is 0.367. The normalized spacial score (nSPS) is 14.9. The topological polar surface area (TPSA) is 131 Å². The minimum atomic E-state index is -4.95. The molecule has 0 radical (unpaired) electrons. The van der Waals surface area contributed by atoms with Gasteiger partial charge in [0.15, 0.2) is 15.5 Å². The highest BCUT2D eigenvalue weighted by molar-refractivity contribution is 7.90. The van der Waals surface area contributed by atoms with Crippen molar-refractivity contribution in [3.8, 4) is 11.8 Å². The number of alkyl halides is 3. The molecule has 1 saturated carbocycles. The Kier molecular flexibility index (Phi) is 6.21. The third-order valence-corrected chi connectivity index (χ3v) is 6.56. The van der Waals surface area contributed by atoms with E-state index in [0.29, 0.717) is 12.8 Å². The lowest BCUT2D eigenvalue weighted by Crippen LogP contribution is -2.21. The van der Waals surface area contributed by atoms with Gasteiger partial charge < -0.3 is 15.2 Å². The largest absolute Gasteiger partial charge is 0.435 e. The van der Waals surface area contributed by atoms with Gasteiger partial charge in [0.1, 0.15) is 5.56 Å². The van der Waals surface area contributed by atoms with E-state index in [2.05, 4.69) is 20.5 Å². The molecule has 2 N–H and O–H groups in total. The van der Waals surface area contributed by atoms with Crippen molar-refractivity contribution in [2.24, 2.45) is 0 Å². The molecule has 36 heavy (non-hydrogen) atoms. The number of hydrogen-bond donors (Lipinski definition) is 2. The van der Waals surface area contributed by atoms with Crippen molar-refractivity contribution in [2.45, 2.75) is 36.4 Å². The maximum absolute atomic E-state index is 14.4. The van der Waals surface area contributed by atoms with E-state index in [4.69, 9.17) is 4.74 Å². The molecule has 9 nitrogen and oxygen atoms in total. The second-order valence-corrected chi connectivity index (χ2v) is 10.2. The Morgan fingerprint density at radius 3 is 2.44 bits per heavy atom. The van der Waals surface area contributed by atoms with E-state index < -0.39 is 62.1 Å². The molecular weight excluding hydrogens is 508 g/mol. The number of hydrogen-bond acceptors (Lipinski definition) is 8. The van der Waals surface area contributed by atoms with Crippen LogP contribution >= 0.6 is 0 Å². The van der Waals surface area contributed by atoms with Gasteiger partial charge in [0, 0.05) is 23.6 Å². The summed E-state index contributed by atoms with van der Waals surface area (Å²) >= 11 is 0. The molecule has 0 spiro atoms. The van der Waals surface area contributed by atoms with Crippen LogP contribution in [0.25, 0.3) is 0 Å². The fraction of sp³-hybridized carbons (Fsp3) is 0.273. The lowest BCUT2D eigenvalue weighted by atomic mass is 10.1. The van der Waals surface area contributed by atoms with E-state index in [-0.39, 0.29) is 16.1 Å². The van der Waals surface area contributed by atoms with E-state index in [9.17, 15) is 35.9 Å². The van der Waals surface area contributed by atoms with Gasteiger partial charge in [-0.3, -0.25) is 4.79 Å². The molecular formula is C22H18F4N4O5S. The van der Waals surface area contributed by atoms with Gasteiger partial charge in [0.2, 0.25) is 11.8 Å². The van der Waals surface area contributed by atoms with Gasteiger partial charge in [-0.05, 0) is 49.6 Å². The molecule has 2 aromatic heterocycles. The van der Waals surface area contributed by atoms with Crippen LogP contribution in [-0.4, -0.2) is 40.9 Å². The second-order valence-electron chi connectivity index (χ2n) is 8.23. The number of nitrogens with one attached hydrogen (secondary N) is 1. The monoisotopic (exact) mass is 526 g/mol. The Balaban J connectivity index is 1.73. The van der Waals surface area contributed by atoms with Crippen LogP contribution in [0.5, 0.6) is 11.8 Å². The Bertz CT molecular complexity index is 1470. The summed E-state index contributed by atoms with van der Waals surface area (Å²) in [5, 5.41) is 18.9. The highest BCUT2D eigenvalue weighted by Crippen LogP contribution is 2.46. The van der Waals surface area contributed by atoms with Gasteiger partial charge in [-0.25, -0.2) is 8.42 Å². The van der Waals surface area contributed by atoms with Crippen molar-refractivity contribution in [1.29, 1.82) is 0 Å². The Morgan fingerprint density at radius 1 is 1.17 bits per heavy atom. The first kappa shape index (κ1) is 25.4. The van der Waals surface area contributed by atoms with Crippen LogP contribution in [0.2, 0.25) is 0 Å². The maximum Gasteiger partial charge on any atom is 0.435 e. The number of carbonyl (C=O) groups excluding carboxylic acids is 1. The highest BCUT2D eigenvalue weighted by Gasteiger charge is 2.45. The summed E-state index contributed by atoms with van der Waals surface area (Å²) < 4.78 is 83.7. The van der Waals surface area contributed by atoms with Crippen molar-refractivity contribution >= 4 is 21.4 Å². The summed E-state index contributed by atoms with van der Waals surface area (Å²) in [5.41, 5.74) is -4.16. The van der Waals surface area contributed by atoms with Crippen LogP contribution in [0, 0.1) is 12.9 Å². The SMILES string of the molecule is Cc1c(C(F)(F)F)nnc(Oc2ccc(C3(O)CC3)c(F)n2)c1C(=O)Nc1cccc(S(C)(=O)=O)c1. The molecule has 0 bridgehead atoms. The summed E-state index contributed by atoms with van der Waals surface area (Å²) in [5.74, 6) is -3.30. The lowest BCUT2D eigenvalue weighted by Gasteiger charge is -2.16. The fourth-order valence-corrected chi connectivity index (χ4v) is 4.08. The summed E-state index contributed by atoms with van der Waals surface area (Å²) in [7, 11) is -3.63. The van der Waals surface area contributed by atoms with Gasteiger partial charge >= 0.3 is 6.18 Å². The first-order chi connectivity index (χ1) is 16.7. The first-order valence-electron chi connectivity index (χ1n) is 10.3. The number of carbonyl (C=O) groups is 1. The molecule has 1 aliphatic rings. The van der Waals surface area contributed by atoms with E-state index in [1.807, 2.05) is 0 Å². The number of aromatic nitrogens is 3. The van der Waals surface area contributed by atoms with Gasteiger partial charge in [-0.1, -0.05) is 6.07 Å². The third kappa shape index (κ3) is 5.14. The Morgan fingerprint density at radius 2 is 1.86 bits per heavy atom. The summed E-state index contributed by atoms with van der Waals surface area (Å²) in [6.45, 7) is 0.978. The molecule has 4 rings (SSSR count). The minimum absolute atomic E-state index is 0.0233. The zero-order chi connectivity index (χ0) is 26.5. The zero-order valence-electron chi connectivity index (χ0n) is 18.7. The van der Waals surface area contributed by atoms with Crippen molar-refractivity contribution in [1.82, 2.24) is 15.2 Å². The van der Waals surface area contributed by atoms with Crippen LogP contribution in [-0.2, 0) is 21.6 Å². The van der Waals surface area contributed by atoms with Crippen LogP contribution in [0.3, 0.4) is 0 Å². The molecule has 0 saturated heterocycles. The molecule has 0 unspecified atom stereocenters. The number of pyridine rings is 1. The van der Waals surface area contributed by atoms with Crippen molar-refractivity contribution in [2.75, 3.05) is 11.6 Å². The van der Waals surface area contributed by atoms with Crippen LogP contribution in [0.1, 0.15) is 40.0 Å². The third-order valence-electron chi connectivity index (χ3n) is 5.45. The maximum atomic E-state index is 14.4. The average molecular weight is 526 g/mol. The molecule has 190 valence electrons. The Labute approximate surface area is 202 Å². The average Bonchev–Trinajstić information content (AvgIpc) is 3.50. The van der Waals surface area contributed by atoms with Crippen LogP contribution in [0.4, 0.5) is 23.2 Å². The molecule has 1 aliphatic carbocycles. The van der Waals surface area contributed by atoms with Crippen molar-refractivity contribution in [3.63, 3.8) is 0 Å². The van der Waals surface area contributed by atoms with Crippen molar-refractivity contribution in [3.05, 3.63) is 64.7 Å². The fourth-order valence-electron chi connectivity index (χ4n) is 3.41. The van der Waals surface area contributed by atoms with E-state index in [0.717, 1.165) is 19.2 Å². The number of ether oxygens (including phenoxy) is 1. The van der Waals surface area contributed by atoms with Crippen LogP contribution < -0.4 is 10.1 Å². The molecule has 14 heteroatoms. The number of benzene rings is 1. The van der Waals surface area contributed by atoms with Gasteiger partial charge in [0.25, 0.3) is 11.8 Å². The number of anilines is 1. The molecule has 0 aliphatic heterocycles. The van der Waals surface area contributed by atoms with Crippen LogP contribution in [0.15, 0.2) is 41.3 Å². The van der Waals surface area contributed by atoms with Gasteiger partial charge in [-0.15, -0.1) is 10.2 Å². The summed E-state index contributed by atoms with van der Waals surface area (Å²) in [6.07, 6.45) is -3.31. The molecule has 1 fully saturated rings. The zero-order valence-corrected chi connectivity index (χ0v) is 19.5. The summed E-state index contributed by atoms with van der Waals surface area (Å²) in [6, 6.07) is 7.46. The van der Waals surface area contributed by atoms with Crippen molar-refractivity contribution < 1.29 is 40.6 Å². The lowest BCUT2D eigenvalue weighted by molar-refractivity contribution is -0.142. The highest BCUT2D eigenvalue weighted by atomic mass is 32.2. The standard InChI is InChI=1S/C22H18F4N4O5S/c1-11-16(19(31)27-12-4-3-5-13(10-12)36(2,33)34)20(30-29-17(11)22(24,25)26)35-15-7-6-14(18(23)28-15)21(32)8-9-21/h3-7,10,32H,8-9H2,1-2H3,(H,27,31). The first-order valence-corrected chi connectivity index (χ1v) is 12.2. The number of rotatable bonds is 6. The van der Waals surface area contributed by atoms with Gasteiger partial charge in [0.05, 0.1) is 10.5 Å². The number of nitrogens with zero attached hydrogens (tertiary/aromatic N) is 3. The summed E-state index contributed by atoms with van der Waals surface area (Å²) in [4.78, 5) is 16.5. The molecule has 2 heterocycles.